The van der Waals surface area contributed by atoms with E-state index in [1.807, 2.05) is 0 Å². The predicted molar refractivity (Wildman–Crippen MR) is 56.7 cm³/mol. The first-order valence-electron chi connectivity index (χ1n) is 4.55. The van der Waals surface area contributed by atoms with E-state index in [4.69, 9.17) is 10.5 Å². The maximum Gasteiger partial charge on any atom is 0.321 e. The van der Waals surface area contributed by atoms with Crippen LogP contribution in [0.25, 0.3) is 0 Å². The molecule has 6 nitrogen and oxygen atoms in total. The molecule has 90 valence electrons. The van der Waals surface area contributed by atoms with Crippen LogP contribution in [-0.2, 0) is 19.6 Å². The predicted octanol–water partition coefficient (Wildman–Crippen LogP) is -0.794. The Morgan fingerprint density at radius 1 is 1.40 bits per heavy atom. The first-order chi connectivity index (χ1) is 6.66. The minimum absolute atomic E-state index is 0.0175. The quantitative estimate of drug-likeness (QED) is 0.611. The Hall–Kier alpha value is -0.660. The second kappa shape index (κ2) is 5.43. The fraction of sp³-hybridized carbons (Fsp3) is 0.875. The van der Waals surface area contributed by atoms with Crippen LogP contribution in [0.3, 0.4) is 0 Å². The highest BCUT2D eigenvalue weighted by Crippen LogP contribution is 2.06. The number of rotatable bonds is 5. The number of sulfonamides is 1. The van der Waals surface area contributed by atoms with Gasteiger partial charge in [0, 0.05) is 6.54 Å². The van der Waals surface area contributed by atoms with E-state index in [0.29, 0.717) is 0 Å². The third-order valence-corrected chi connectivity index (χ3v) is 2.60. The van der Waals surface area contributed by atoms with E-state index >= 15 is 0 Å². The third-order valence-electron chi connectivity index (χ3n) is 1.24. The number of carbonyl (C=O) groups excluding carboxylic acids is 1. The van der Waals surface area contributed by atoms with Gasteiger partial charge in [0.25, 0.3) is 0 Å². The molecule has 0 bridgehead atoms. The third kappa shape index (κ3) is 8.34. The minimum Gasteiger partial charge on any atom is -0.459 e. The lowest BCUT2D eigenvalue weighted by Gasteiger charge is -2.19. The minimum atomic E-state index is -3.46. The SMILES string of the molecule is CC(C)(C)OC(=O)CNS(=O)(=O)CCN. The molecule has 0 aromatic rings. The first kappa shape index (κ1) is 14.3. The molecule has 0 aromatic heterocycles. The van der Waals surface area contributed by atoms with E-state index in [9.17, 15) is 13.2 Å². The molecule has 0 fully saturated rings. The molecule has 0 radical (unpaired) electrons. The number of nitrogens with one attached hydrogen (secondary N) is 1. The molecule has 0 aliphatic heterocycles. The van der Waals surface area contributed by atoms with Gasteiger partial charge in [-0.15, -0.1) is 0 Å². The van der Waals surface area contributed by atoms with Gasteiger partial charge in [-0.25, -0.2) is 13.1 Å². The Morgan fingerprint density at radius 2 is 1.93 bits per heavy atom. The van der Waals surface area contributed by atoms with Crippen molar-refractivity contribution in [1.29, 1.82) is 0 Å². The maximum absolute atomic E-state index is 11.1. The summed E-state index contributed by atoms with van der Waals surface area (Å²) >= 11 is 0. The average molecular weight is 238 g/mol. The topological polar surface area (TPSA) is 98.5 Å². The van der Waals surface area contributed by atoms with Crippen LogP contribution in [0.15, 0.2) is 0 Å². The zero-order valence-electron chi connectivity index (χ0n) is 9.24. The van der Waals surface area contributed by atoms with Gasteiger partial charge in [0.05, 0.1) is 5.75 Å². The van der Waals surface area contributed by atoms with Crippen LogP contribution in [0, 0.1) is 0 Å². The molecule has 0 heterocycles. The van der Waals surface area contributed by atoms with Gasteiger partial charge >= 0.3 is 5.97 Å². The number of hydrogen-bond donors (Lipinski definition) is 2. The van der Waals surface area contributed by atoms with Crippen molar-refractivity contribution in [3.8, 4) is 0 Å². The molecule has 0 rings (SSSR count). The van der Waals surface area contributed by atoms with E-state index < -0.39 is 21.6 Å². The van der Waals surface area contributed by atoms with Crippen LogP contribution >= 0.6 is 0 Å². The lowest BCUT2D eigenvalue weighted by molar-refractivity contribution is -0.153. The van der Waals surface area contributed by atoms with Gasteiger partial charge in [-0.1, -0.05) is 0 Å². The fourth-order valence-corrected chi connectivity index (χ4v) is 1.57. The average Bonchev–Trinajstić information content (AvgIpc) is 1.98. The standard InChI is InChI=1S/C8H18N2O4S/c1-8(2,3)14-7(11)6-10-15(12,13)5-4-9/h10H,4-6,9H2,1-3H3. The summed E-state index contributed by atoms with van der Waals surface area (Å²) in [5.41, 5.74) is 4.47. The van der Waals surface area contributed by atoms with E-state index in [1.165, 1.54) is 0 Å². The van der Waals surface area contributed by atoms with Crippen LogP contribution in [0.1, 0.15) is 20.8 Å². The fourth-order valence-electron chi connectivity index (χ4n) is 0.774. The van der Waals surface area contributed by atoms with E-state index in [1.54, 1.807) is 20.8 Å². The monoisotopic (exact) mass is 238 g/mol. The highest BCUT2D eigenvalue weighted by molar-refractivity contribution is 7.89. The molecule has 7 heteroatoms. The van der Waals surface area contributed by atoms with Crippen LogP contribution in [-0.4, -0.2) is 38.8 Å². The van der Waals surface area contributed by atoms with Gasteiger partial charge in [0.2, 0.25) is 10.0 Å². The van der Waals surface area contributed by atoms with Crippen LogP contribution in [0.4, 0.5) is 0 Å². The molecule has 0 atom stereocenters. The zero-order chi connectivity index (χ0) is 12.1. The Balaban J connectivity index is 4.02. The highest BCUT2D eigenvalue weighted by atomic mass is 32.2. The molecule has 0 aliphatic carbocycles. The van der Waals surface area contributed by atoms with Crippen LogP contribution in [0.5, 0.6) is 0 Å². The molecule has 0 saturated carbocycles. The number of nitrogens with two attached hydrogens (primary N) is 1. The Labute approximate surface area is 90.2 Å². The number of ether oxygens (including phenoxy) is 1. The van der Waals surface area contributed by atoms with Gasteiger partial charge < -0.3 is 10.5 Å². The molecule has 0 aliphatic rings. The van der Waals surface area contributed by atoms with E-state index in [2.05, 4.69) is 4.72 Å². The second-order valence-corrected chi connectivity index (χ2v) is 5.94. The van der Waals surface area contributed by atoms with Crippen molar-refractivity contribution in [2.45, 2.75) is 26.4 Å². The van der Waals surface area contributed by atoms with Crippen LogP contribution < -0.4 is 10.5 Å². The van der Waals surface area contributed by atoms with Gasteiger partial charge in [-0.2, -0.15) is 0 Å². The summed E-state index contributed by atoms with van der Waals surface area (Å²) in [6.45, 7) is 4.78. The van der Waals surface area contributed by atoms with Crippen molar-refractivity contribution < 1.29 is 17.9 Å². The van der Waals surface area contributed by atoms with Gasteiger partial charge in [0.1, 0.15) is 12.1 Å². The summed E-state index contributed by atoms with van der Waals surface area (Å²) in [6.07, 6.45) is 0. The normalized spacial score (nSPS) is 12.5. The molecular weight excluding hydrogens is 220 g/mol. The number of hydrogen-bond acceptors (Lipinski definition) is 5. The summed E-state index contributed by atoms with van der Waals surface area (Å²) in [7, 11) is -3.46. The number of carbonyl (C=O) groups is 1. The van der Waals surface area contributed by atoms with Gasteiger partial charge in [-0.3, -0.25) is 4.79 Å². The Kier molecular flexibility index (Phi) is 5.19. The molecule has 0 unspecified atom stereocenters. The van der Waals surface area contributed by atoms with Gasteiger partial charge in [-0.05, 0) is 20.8 Å². The molecule has 0 saturated heterocycles. The van der Waals surface area contributed by atoms with Crippen molar-refractivity contribution >= 4 is 16.0 Å². The van der Waals surface area contributed by atoms with Crippen LogP contribution in [0.2, 0.25) is 0 Å². The van der Waals surface area contributed by atoms with Crippen molar-refractivity contribution in [1.82, 2.24) is 4.72 Å². The largest absolute Gasteiger partial charge is 0.459 e. The van der Waals surface area contributed by atoms with E-state index in [-0.39, 0.29) is 18.8 Å². The summed E-state index contributed by atoms with van der Waals surface area (Å²) in [4.78, 5) is 11.1. The van der Waals surface area contributed by atoms with Crippen molar-refractivity contribution in [2.24, 2.45) is 5.73 Å². The number of esters is 1. The summed E-state index contributed by atoms with van der Waals surface area (Å²) in [5, 5.41) is 0. The Morgan fingerprint density at radius 3 is 2.33 bits per heavy atom. The molecule has 0 amide bonds. The molecular formula is C8H18N2O4S. The molecule has 3 N–H and O–H groups in total. The summed E-state index contributed by atoms with van der Waals surface area (Å²) in [5.74, 6) is -0.807. The molecule has 0 aromatic carbocycles. The zero-order valence-corrected chi connectivity index (χ0v) is 10.1. The van der Waals surface area contributed by atoms with Crippen molar-refractivity contribution in [3.63, 3.8) is 0 Å². The first-order valence-corrected chi connectivity index (χ1v) is 6.21. The Bertz CT molecular complexity index is 305. The maximum atomic E-state index is 11.1. The lowest BCUT2D eigenvalue weighted by atomic mass is 10.2. The summed E-state index contributed by atoms with van der Waals surface area (Å²) in [6, 6.07) is 0. The second-order valence-electron chi connectivity index (χ2n) is 4.02. The summed E-state index contributed by atoms with van der Waals surface area (Å²) < 4.78 is 29.2. The molecule has 15 heavy (non-hydrogen) atoms. The smallest absolute Gasteiger partial charge is 0.321 e. The lowest BCUT2D eigenvalue weighted by Crippen LogP contribution is -2.37. The van der Waals surface area contributed by atoms with Gasteiger partial charge in [0.15, 0.2) is 0 Å². The van der Waals surface area contributed by atoms with Crippen molar-refractivity contribution in [2.75, 3.05) is 18.8 Å². The molecule has 0 spiro atoms. The highest BCUT2D eigenvalue weighted by Gasteiger charge is 2.18. The van der Waals surface area contributed by atoms with Crippen molar-refractivity contribution in [3.05, 3.63) is 0 Å². The van der Waals surface area contributed by atoms with E-state index in [0.717, 1.165) is 0 Å².